The van der Waals surface area contributed by atoms with Crippen molar-refractivity contribution < 1.29 is 14.2 Å². The first-order valence-electron chi connectivity index (χ1n) is 10.6. The molecule has 4 aromatic carbocycles. The fourth-order valence-corrected chi connectivity index (χ4v) is 9.71. The van der Waals surface area contributed by atoms with E-state index >= 15 is 0 Å². The van der Waals surface area contributed by atoms with Gasteiger partial charge in [0.1, 0.15) is 17.2 Å². The summed E-state index contributed by atoms with van der Waals surface area (Å²) in [7, 11) is 2.39. The van der Waals surface area contributed by atoms with Gasteiger partial charge in [0.15, 0.2) is 8.07 Å². The van der Waals surface area contributed by atoms with E-state index in [0.717, 1.165) is 22.7 Å². The van der Waals surface area contributed by atoms with Crippen molar-refractivity contribution in [3.8, 4) is 17.2 Å². The minimum atomic E-state index is -2.68. The maximum absolute atomic E-state index is 5.98. The quantitative estimate of drug-likeness (QED) is 0.229. The number of allylic oxidation sites excluding steroid dienone is 1. The van der Waals surface area contributed by atoms with E-state index in [1.807, 2.05) is 18.2 Å². The second kappa shape index (κ2) is 9.33. The van der Waals surface area contributed by atoms with E-state index in [9.17, 15) is 0 Å². The molecule has 162 valence electrons. The van der Waals surface area contributed by atoms with E-state index in [4.69, 9.17) is 14.2 Å². The molecule has 0 fully saturated rings. The molecule has 0 saturated carbocycles. The van der Waals surface area contributed by atoms with Gasteiger partial charge >= 0.3 is 0 Å². The summed E-state index contributed by atoms with van der Waals surface area (Å²) in [6.07, 6.45) is 2.03. The van der Waals surface area contributed by atoms with Crippen molar-refractivity contribution >= 4 is 34.4 Å². The van der Waals surface area contributed by atoms with Gasteiger partial charge in [-0.15, -0.1) is 6.58 Å². The number of fused-ring (bicyclic) bond motifs is 1. The summed E-state index contributed by atoms with van der Waals surface area (Å²) in [5, 5.41) is 6.13. The van der Waals surface area contributed by atoms with Crippen LogP contribution in [0.25, 0.3) is 10.8 Å². The highest BCUT2D eigenvalue weighted by Crippen LogP contribution is 2.31. The molecule has 0 unspecified atom stereocenters. The van der Waals surface area contributed by atoms with Gasteiger partial charge in [-0.25, -0.2) is 0 Å². The third-order valence-electron chi connectivity index (χ3n) is 6.11. The summed E-state index contributed by atoms with van der Waals surface area (Å²) in [5.41, 5.74) is 0. The molecule has 32 heavy (non-hydrogen) atoms. The molecule has 0 amide bonds. The number of hydrogen-bond donors (Lipinski definition) is 0. The molecule has 0 bridgehead atoms. The third-order valence-corrected chi connectivity index (χ3v) is 11.0. The summed E-state index contributed by atoms with van der Waals surface area (Å²) in [5.74, 6) is 2.24. The maximum atomic E-state index is 5.98. The Kier molecular flexibility index (Phi) is 6.33. The fourth-order valence-electron chi connectivity index (χ4n) is 4.73. The molecule has 4 rings (SSSR count). The average molecular weight is 441 g/mol. The second-order valence-electron chi connectivity index (χ2n) is 7.70. The largest absolute Gasteiger partial charge is 0.497 e. The first-order valence-corrected chi connectivity index (χ1v) is 12.9. The Labute approximate surface area is 190 Å². The Morgan fingerprint density at radius 2 is 1.38 bits per heavy atom. The van der Waals surface area contributed by atoms with Crippen molar-refractivity contribution in [1.82, 2.24) is 0 Å². The summed E-state index contributed by atoms with van der Waals surface area (Å²) in [4.78, 5) is 0. The van der Waals surface area contributed by atoms with E-state index in [1.165, 1.54) is 21.1 Å². The molecular formula is C28H28O3Si. The maximum Gasteiger partial charge on any atom is 0.162 e. The Bertz CT molecular complexity index is 1210. The van der Waals surface area contributed by atoms with Crippen molar-refractivity contribution in [3.05, 3.63) is 97.6 Å². The van der Waals surface area contributed by atoms with Crippen LogP contribution in [0.15, 0.2) is 97.6 Å². The number of methoxy groups -OCH3 is 3. The molecule has 1 atom stereocenters. The van der Waals surface area contributed by atoms with Gasteiger partial charge in [0.2, 0.25) is 0 Å². The topological polar surface area (TPSA) is 27.7 Å². The molecule has 0 saturated heterocycles. The van der Waals surface area contributed by atoms with Gasteiger partial charge in [-0.1, -0.05) is 78.9 Å². The molecule has 0 aromatic heterocycles. The van der Waals surface area contributed by atoms with Crippen molar-refractivity contribution in [2.24, 2.45) is 0 Å². The van der Waals surface area contributed by atoms with E-state index in [-0.39, 0.29) is 0 Å². The molecular weight excluding hydrogens is 412 g/mol. The smallest absolute Gasteiger partial charge is 0.162 e. The van der Waals surface area contributed by atoms with Gasteiger partial charge in [-0.2, -0.15) is 0 Å². The molecule has 0 radical (unpaired) electrons. The van der Waals surface area contributed by atoms with Crippen LogP contribution in [0.2, 0.25) is 6.04 Å². The zero-order valence-corrected chi connectivity index (χ0v) is 19.8. The zero-order valence-electron chi connectivity index (χ0n) is 18.8. The minimum Gasteiger partial charge on any atom is -0.497 e. The normalized spacial score (nSPS) is 12.7. The van der Waals surface area contributed by atoms with Gasteiger partial charge in [0, 0.05) is 17.3 Å². The highest BCUT2D eigenvalue weighted by molar-refractivity contribution is 7.13. The van der Waals surface area contributed by atoms with Gasteiger partial charge in [-0.3, -0.25) is 0 Å². The lowest BCUT2D eigenvalue weighted by Crippen LogP contribution is -2.67. The van der Waals surface area contributed by atoms with Crippen LogP contribution in [-0.4, -0.2) is 29.4 Å². The molecule has 4 heteroatoms. The lowest BCUT2D eigenvalue weighted by atomic mass is 10.1. The number of hydrogen-bond acceptors (Lipinski definition) is 3. The molecule has 0 N–H and O–H groups in total. The lowest BCUT2D eigenvalue weighted by molar-refractivity contribution is 0.379. The van der Waals surface area contributed by atoms with E-state index in [0.29, 0.717) is 5.75 Å². The van der Waals surface area contributed by atoms with E-state index in [2.05, 4.69) is 79.4 Å². The van der Waals surface area contributed by atoms with Crippen LogP contribution in [0, 0.1) is 0 Å². The van der Waals surface area contributed by atoms with Crippen LogP contribution in [0.5, 0.6) is 17.2 Å². The van der Waals surface area contributed by atoms with Crippen LogP contribution < -0.4 is 29.8 Å². The zero-order chi connectivity index (χ0) is 22.6. The van der Waals surface area contributed by atoms with Gasteiger partial charge in [0.05, 0.1) is 21.3 Å². The van der Waals surface area contributed by atoms with Crippen LogP contribution in [0.4, 0.5) is 0 Å². The van der Waals surface area contributed by atoms with Crippen molar-refractivity contribution in [2.75, 3.05) is 21.3 Å². The number of benzene rings is 4. The van der Waals surface area contributed by atoms with Crippen molar-refractivity contribution in [1.29, 1.82) is 0 Å². The highest BCUT2D eigenvalue weighted by atomic mass is 28.3. The molecule has 0 spiro atoms. The van der Waals surface area contributed by atoms with Crippen molar-refractivity contribution in [2.45, 2.75) is 6.04 Å². The number of ether oxygens (including phenoxy) is 3. The van der Waals surface area contributed by atoms with Gasteiger partial charge < -0.3 is 14.2 Å². The lowest BCUT2D eigenvalue weighted by Gasteiger charge is -2.36. The Morgan fingerprint density at radius 1 is 0.750 bits per heavy atom. The third kappa shape index (κ3) is 3.57. The molecule has 0 aliphatic heterocycles. The fraction of sp³-hybridized carbons (Fsp3) is 0.143. The summed E-state index contributed by atoms with van der Waals surface area (Å²) in [6, 6.07) is 30.6. The monoisotopic (exact) mass is 440 g/mol. The van der Waals surface area contributed by atoms with Crippen LogP contribution >= 0.6 is 0 Å². The van der Waals surface area contributed by atoms with Gasteiger partial charge in [0.25, 0.3) is 0 Å². The van der Waals surface area contributed by atoms with E-state index in [1.54, 1.807) is 21.3 Å². The molecule has 0 aliphatic carbocycles. The summed E-state index contributed by atoms with van der Waals surface area (Å²) >= 11 is 0. The predicted octanol–water partition coefficient (Wildman–Crippen LogP) is 4.52. The minimum absolute atomic E-state index is 0.704. The Balaban J connectivity index is 2.21. The van der Waals surface area contributed by atoms with E-state index < -0.39 is 8.07 Å². The first-order chi connectivity index (χ1) is 15.7. The van der Waals surface area contributed by atoms with Crippen LogP contribution in [0.1, 0.15) is 0 Å². The highest BCUT2D eigenvalue weighted by Gasteiger charge is 2.44. The summed E-state index contributed by atoms with van der Waals surface area (Å²) in [6.45, 7) is 4.18. The second-order valence-corrected chi connectivity index (χ2v) is 11.5. The molecule has 3 nitrogen and oxygen atoms in total. The average Bonchev–Trinajstić information content (AvgIpc) is 2.86. The van der Waals surface area contributed by atoms with Gasteiger partial charge in [-0.05, 0) is 27.2 Å². The first kappa shape index (κ1) is 21.7. The molecule has 0 aliphatic rings. The number of rotatable bonds is 8. The van der Waals surface area contributed by atoms with Crippen molar-refractivity contribution in [3.63, 3.8) is 0 Å². The summed E-state index contributed by atoms with van der Waals surface area (Å²) < 4.78 is 17.5. The molecule has 4 aromatic rings. The Hall–Kier alpha value is -3.50. The molecule has 0 heterocycles. The Morgan fingerprint density at radius 3 is 2.00 bits per heavy atom. The predicted molar refractivity (Wildman–Crippen MR) is 136 cm³/mol. The van der Waals surface area contributed by atoms with Crippen LogP contribution in [-0.2, 0) is 0 Å². The SMILES string of the molecule is C=CC[Si@@](c1ccccc1)(c1c(OC)cc(OC)cc1OC)c1cccc2ccccc12. The standard InChI is InChI=1S/C28H28O3Si/c1-5-18-32(23-14-7-6-8-15-23,27-17-11-13-21-12-9-10-16-24(21)27)28-25(30-3)19-22(29-2)20-26(28)31-4/h5-17,19-20H,1,18H2,2-4H3/t32-/m0/s1. The van der Waals surface area contributed by atoms with Crippen LogP contribution in [0.3, 0.4) is 0 Å².